The molecule has 7 heteroatoms. The number of morpholine rings is 1. The van der Waals surface area contributed by atoms with E-state index in [2.05, 4.69) is 13.8 Å². The molecule has 1 fully saturated rings. The van der Waals surface area contributed by atoms with E-state index in [4.69, 9.17) is 13.9 Å². The largest absolute Gasteiger partial charge is 0.502 e. The first-order valence-corrected chi connectivity index (χ1v) is 10.2. The maximum atomic E-state index is 13.0. The number of hydrogen-bond acceptors (Lipinski definition) is 6. The molecule has 0 bridgehead atoms. The van der Waals surface area contributed by atoms with Crippen LogP contribution in [0.5, 0.6) is 5.75 Å². The Morgan fingerprint density at radius 2 is 1.80 bits per heavy atom. The Balaban J connectivity index is 2.00. The van der Waals surface area contributed by atoms with Crippen molar-refractivity contribution in [1.29, 1.82) is 0 Å². The number of amides is 1. The fourth-order valence-electron chi connectivity index (χ4n) is 3.60. The van der Waals surface area contributed by atoms with Gasteiger partial charge in [0, 0.05) is 32.7 Å². The first-order chi connectivity index (χ1) is 14.4. The normalized spacial score (nSPS) is 15.4. The lowest BCUT2D eigenvalue weighted by molar-refractivity contribution is -0.135. The quantitative estimate of drug-likeness (QED) is 0.748. The minimum Gasteiger partial charge on any atom is -0.502 e. The summed E-state index contributed by atoms with van der Waals surface area (Å²) >= 11 is 0. The van der Waals surface area contributed by atoms with Crippen molar-refractivity contribution in [3.05, 3.63) is 63.2 Å². The van der Waals surface area contributed by atoms with Crippen LogP contribution in [0.4, 0.5) is 0 Å². The smallest absolute Gasteiger partial charge is 0.227 e. The molecule has 3 rings (SSSR count). The van der Waals surface area contributed by atoms with E-state index in [1.165, 1.54) is 13.2 Å². The van der Waals surface area contributed by atoms with Crippen molar-refractivity contribution >= 4 is 5.91 Å². The first kappa shape index (κ1) is 22.1. The highest BCUT2D eigenvalue weighted by molar-refractivity contribution is 5.78. The molecule has 1 amide bonds. The molecule has 1 aliphatic rings. The number of carbonyl (C=O) groups is 1. The monoisotopic (exact) mass is 415 g/mol. The van der Waals surface area contributed by atoms with Crippen LogP contribution < -0.4 is 5.43 Å². The topological polar surface area (TPSA) is 89.2 Å². The summed E-state index contributed by atoms with van der Waals surface area (Å²) in [6, 6.07) is 9.07. The van der Waals surface area contributed by atoms with E-state index < -0.39 is 17.1 Å². The molecule has 7 nitrogen and oxygen atoms in total. The number of aromatic hydroxyl groups is 1. The van der Waals surface area contributed by atoms with Gasteiger partial charge in [0.25, 0.3) is 0 Å². The number of benzene rings is 1. The summed E-state index contributed by atoms with van der Waals surface area (Å²) in [5.41, 5.74) is 1.41. The molecule has 1 saturated heterocycles. The number of ether oxygens (including phenoxy) is 2. The third kappa shape index (κ3) is 5.09. The number of carbonyl (C=O) groups excluding carboxylic acids is 1. The molecule has 2 aromatic rings. The Morgan fingerprint density at radius 3 is 2.40 bits per heavy atom. The zero-order valence-electron chi connectivity index (χ0n) is 17.7. The van der Waals surface area contributed by atoms with Crippen LogP contribution >= 0.6 is 0 Å². The lowest BCUT2D eigenvalue weighted by Gasteiger charge is -2.28. The van der Waals surface area contributed by atoms with E-state index >= 15 is 0 Å². The van der Waals surface area contributed by atoms with Gasteiger partial charge in [-0.25, -0.2) is 0 Å². The van der Waals surface area contributed by atoms with Crippen LogP contribution in [0, 0.1) is 0 Å². The molecular weight excluding hydrogens is 386 g/mol. The number of nitrogens with zero attached hydrogens (tertiary/aromatic N) is 1. The van der Waals surface area contributed by atoms with Crippen LogP contribution in [-0.4, -0.2) is 49.3 Å². The van der Waals surface area contributed by atoms with Gasteiger partial charge in [0.15, 0.2) is 5.76 Å². The minimum atomic E-state index is -0.592. The standard InChI is InChI=1S/C23H29NO6/c1-15(2)16-4-6-17(7-5-16)19(13-21(26)24-8-10-29-11-9-24)23-22(27)20(25)12-18(30-23)14-28-3/h4-7,12,15,19,27H,8-11,13-14H2,1-3H3. The van der Waals surface area contributed by atoms with Gasteiger partial charge in [0.1, 0.15) is 12.4 Å². The van der Waals surface area contributed by atoms with E-state index in [0.29, 0.717) is 38.0 Å². The lowest BCUT2D eigenvalue weighted by Crippen LogP contribution is -2.41. The van der Waals surface area contributed by atoms with E-state index in [9.17, 15) is 14.7 Å². The molecule has 162 valence electrons. The second kappa shape index (κ2) is 9.91. The van der Waals surface area contributed by atoms with Crippen molar-refractivity contribution < 1.29 is 23.8 Å². The molecular formula is C23H29NO6. The summed E-state index contributed by atoms with van der Waals surface area (Å²) in [6.07, 6.45) is 0.0773. The molecule has 1 aliphatic heterocycles. The summed E-state index contributed by atoms with van der Waals surface area (Å²) < 4.78 is 16.2. The summed E-state index contributed by atoms with van der Waals surface area (Å²) in [4.78, 5) is 27.0. The number of rotatable bonds is 7. The minimum absolute atomic E-state index is 0.0737. The molecule has 0 spiro atoms. The van der Waals surface area contributed by atoms with Gasteiger partial charge in [-0.3, -0.25) is 9.59 Å². The van der Waals surface area contributed by atoms with Gasteiger partial charge in [0.2, 0.25) is 17.1 Å². The van der Waals surface area contributed by atoms with Crippen molar-refractivity contribution in [2.45, 2.75) is 38.7 Å². The highest BCUT2D eigenvalue weighted by Gasteiger charge is 2.28. The third-order valence-corrected chi connectivity index (χ3v) is 5.35. The van der Waals surface area contributed by atoms with Gasteiger partial charge in [-0.1, -0.05) is 38.1 Å². The Labute approximate surface area is 176 Å². The van der Waals surface area contributed by atoms with Crippen LogP contribution in [0.2, 0.25) is 0 Å². The predicted octanol–water partition coefficient (Wildman–Crippen LogP) is 3.00. The Hall–Kier alpha value is -2.64. The van der Waals surface area contributed by atoms with Gasteiger partial charge in [0.05, 0.1) is 19.1 Å². The summed E-state index contributed by atoms with van der Waals surface area (Å²) in [6.45, 7) is 6.36. The highest BCUT2D eigenvalue weighted by Crippen LogP contribution is 2.34. The van der Waals surface area contributed by atoms with Gasteiger partial charge in [-0.05, 0) is 17.0 Å². The number of methoxy groups -OCH3 is 1. The third-order valence-electron chi connectivity index (χ3n) is 5.35. The van der Waals surface area contributed by atoms with Crippen LogP contribution in [0.25, 0.3) is 0 Å². The van der Waals surface area contributed by atoms with Crippen LogP contribution in [0.3, 0.4) is 0 Å². The first-order valence-electron chi connectivity index (χ1n) is 10.2. The van der Waals surface area contributed by atoms with E-state index in [1.807, 2.05) is 24.3 Å². The van der Waals surface area contributed by atoms with Crippen molar-refractivity contribution in [1.82, 2.24) is 4.90 Å². The molecule has 1 aromatic carbocycles. The summed E-state index contributed by atoms with van der Waals surface area (Å²) in [5.74, 6) is -0.376. The maximum Gasteiger partial charge on any atom is 0.227 e. The fraction of sp³-hybridized carbons (Fsp3) is 0.478. The summed E-state index contributed by atoms with van der Waals surface area (Å²) in [5, 5.41) is 10.5. The molecule has 0 radical (unpaired) electrons. The van der Waals surface area contributed by atoms with E-state index in [0.717, 1.165) is 11.1 Å². The highest BCUT2D eigenvalue weighted by atomic mass is 16.5. The molecule has 1 atom stereocenters. The second-order valence-corrected chi connectivity index (χ2v) is 7.79. The maximum absolute atomic E-state index is 13.0. The average Bonchev–Trinajstić information content (AvgIpc) is 2.75. The van der Waals surface area contributed by atoms with Gasteiger partial charge < -0.3 is 23.9 Å². The zero-order valence-corrected chi connectivity index (χ0v) is 17.7. The van der Waals surface area contributed by atoms with Crippen LogP contribution in [0.15, 0.2) is 39.5 Å². The zero-order chi connectivity index (χ0) is 21.7. The Bertz CT molecular complexity index is 912. The average molecular weight is 415 g/mol. The lowest BCUT2D eigenvalue weighted by atomic mass is 9.89. The van der Waals surface area contributed by atoms with Gasteiger partial charge in [-0.2, -0.15) is 0 Å². The van der Waals surface area contributed by atoms with E-state index in [1.54, 1.807) is 4.90 Å². The summed E-state index contributed by atoms with van der Waals surface area (Å²) in [7, 11) is 1.50. The van der Waals surface area contributed by atoms with Gasteiger partial charge >= 0.3 is 0 Å². The molecule has 30 heavy (non-hydrogen) atoms. The predicted molar refractivity (Wildman–Crippen MR) is 112 cm³/mol. The van der Waals surface area contributed by atoms with Crippen molar-refractivity contribution in [2.24, 2.45) is 0 Å². The van der Waals surface area contributed by atoms with Crippen molar-refractivity contribution in [3.8, 4) is 5.75 Å². The van der Waals surface area contributed by atoms with Crippen molar-refractivity contribution in [3.63, 3.8) is 0 Å². The second-order valence-electron chi connectivity index (χ2n) is 7.79. The molecule has 0 saturated carbocycles. The molecule has 1 unspecified atom stereocenters. The molecule has 0 aliphatic carbocycles. The molecule has 1 aromatic heterocycles. The molecule has 2 heterocycles. The fourth-order valence-corrected chi connectivity index (χ4v) is 3.60. The molecule has 1 N–H and O–H groups in total. The van der Waals surface area contributed by atoms with Crippen LogP contribution in [0.1, 0.15) is 54.8 Å². The Kier molecular flexibility index (Phi) is 7.29. The number of hydrogen-bond donors (Lipinski definition) is 1. The van der Waals surface area contributed by atoms with Crippen molar-refractivity contribution in [2.75, 3.05) is 33.4 Å². The Morgan fingerprint density at radius 1 is 1.17 bits per heavy atom. The van der Waals surface area contributed by atoms with Crippen LogP contribution in [-0.2, 0) is 20.9 Å². The van der Waals surface area contributed by atoms with Gasteiger partial charge in [-0.15, -0.1) is 0 Å². The SMILES string of the molecule is COCc1cc(=O)c(O)c(C(CC(=O)N2CCOCC2)c2ccc(C(C)C)cc2)o1. The van der Waals surface area contributed by atoms with E-state index in [-0.39, 0.29) is 24.7 Å².